The van der Waals surface area contributed by atoms with Crippen molar-refractivity contribution in [1.82, 2.24) is 4.90 Å². The van der Waals surface area contributed by atoms with Gasteiger partial charge in [-0.2, -0.15) is 0 Å². The van der Waals surface area contributed by atoms with Crippen molar-refractivity contribution in [3.8, 4) is 0 Å². The molecule has 0 spiro atoms. The predicted octanol–water partition coefficient (Wildman–Crippen LogP) is 7.38. The molecule has 2 nitrogen and oxygen atoms in total. The molecule has 1 aliphatic heterocycles. The van der Waals surface area contributed by atoms with E-state index in [2.05, 4.69) is 119 Å². The van der Waals surface area contributed by atoms with Gasteiger partial charge in [0.15, 0.2) is 0 Å². The molecule has 0 unspecified atom stereocenters. The molecule has 160 valence electrons. The van der Waals surface area contributed by atoms with E-state index in [-0.39, 0.29) is 0 Å². The lowest BCUT2D eigenvalue weighted by atomic mass is 10.1. The first-order valence-electron chi connectivity index (χ1n) is 11.3. The third kappa shape index (κ3) is 4.90. The summed E-state index contributed by atoms with van der Waals surface area (Å²) in [4.78, 5) is 7.76. The minimum Gasteiger partial charge on any atom is -0.340 e. The standard InChI is InChI=1S/C29H28N2S/c1-3-12-24(13-4-1)22-30(23-25-14-5-2-6-15-25)20-11-21-31-26-16-7-9-18-28(26)32-29-19-10-8-17-27(29)31/h1-10,12-19H,11,20-23H2. The Morgan fingerprint density at radius 2 is 1.03 bits per heavy atom. The summed E-state index contributed by atoms with van der Waals surface area (Å²) < 4.78 is 0. The van der Waals surface area contributed by atoms with E-state index in [0.717, 1.165) is 32.6 Å². The van der Waals surface area contributed by atoms with Crippen LogP contribution in [-0.4, -0.2) is 18.0 Å². The molecule has 0 amide bonds. The zero-order valence-electron chi connectivity index (χ0n) is 18.2. The highest BCUT2D eigenvalue weighted by Crippen LogP contribution is 2.47. The van der Waals surface area contributed by atoms with Gasteiger partial charge >= 0.3 is 0 Å². The van der Waals surface area contributed by atoms with Crippen molar-refractivity contribution in [3.63, 3.8) is 0 Å². The molecular formula is C29H28N2S. The van der Waals surface area contributed by atoms with Gasteiger partial charge in [-0.3, -0.25) is 4.90 Å². The molecule has 3 heteroatoms. The van der Waals surface area contributed by atoms with Crippen molar-refractivity contribution in [3.05, 3.63) is 120 Å². The Bertz CT molecular complexity index is 1060. The first-order valence-corrected chi connectivity index (χ1v) is 12.1. The largest absolute Gasteiger partial charge is 0.340 e. The third-order valence-electron chi connectivity index (χ3n) is 5.89. The van der Waals surface area contributed by atoms with Crippen molar-refractivity contribution in [2.24, 2.45) is 0 Å². The molecule has 0 saturated carbocycles. The summed E-state index contributed by atoms with van der Waals surface area (Å²) in [5, 5.41) is 0. The molecule has 0 aliphatic carbocycles. The SMILES string of the molecule is c1ccc(CN(CCCN2c3ccccc3Sc3ccccc32)Cc2ccccc2)cc1. The molecular weight excluding hydrogens is 408 g/mol. The summed E-state index contributed by atoms with van der Waals surface area (Å²) in [6, 6.07) is 39.2. The van der Waals surface area contributed by atoms with Gasteiger partial charge in [0.05, 0.1) is 11.4 Å². The normalized spacial score (nSPS) is 12.5. The van der Waals surface area contributed by atoms with Crippen LogP contribution in [0.2, 0.25) is 0 Å². The van der Waals surface area contributed by atoms with Crippen LogP contribution in [0.1, 0.15) is 17.5 Å². The van der Waals surface area contributed by atoms with E-state index >= 15 is 0 Å². The summed E-state index contributed by atoms with van der Waals surface area (Å²) >= 11 is 1.88. The van der Waals surface area contributed by atoms with Crippen LogP contribution in [0.3, 0.4) is 0 Å². The molecule has 0 fully saturated rings. The number of benzene rings is 4. The van der Waals surface area contributed by atoms with Crippen molar-refractivity contribution in [2.75, 3.05) is 18.0 Å². The number of anilines is 2. The van der Waals surface area contributed by atoms with E-state index in [9.17, 15) is 0 Å². The minimum atomic E-state index is 0.971. The monoisotopic (exact) mass is 436 g/mol. The molecule has 0 N–H and O–H groups in total. The molecule has 1 aliphatic rings. The van der Waals surface area contributed by atoms with Crippen LogP contribution in [0.15, 0.2) is 119 Å². The molecule has 0 aromatic heterocycles. The predicted molar refractivity (Wildman–Crippen MR) is 136 cm³/mol. The van der Waals surface area contributed by atoms with E-state index in [1.54, 1.807) is 0 Å². The lowest BCUT2D eigenvalue weighted by Crippen LogP contribution is -2.28. The molecule has 0 bridgehead atoms. The summed E-state index contributed by atoms with van der Waals surface area (Å²) in [6.45, 7) is 4.00. The smallest absolute Gasteiger partial charge is 0.0552 e. The number of nitrogens with zero attached hydrogens (tertiary/aromatic N) is 2. The van der Waals surface area contributed by atoms with Gasteiger partial charge in [0.25, 0.3) is 0 Å². The van der Waals surface area contributed by atoms with Crippen LogP contribution in [0.25, 0.3) is 0 Å². The van der Waals surface area contributed by atoms with Gasteiger partial charge in [-0.05, 0) is 41.8 Å². The number of para-hydroxylation sites is 2. The second-order valence-corrected chi connectivity index (χ2v) is 9.31. The zero-order chi connectivity index (χ0) is 21.6. The molecule has 32 heavy (non-hydrogen) atoms. The van der Waals surface area contributed by atoms with Crippen LogP contribution >= 0.6 is 11.8 Å². The number of fused-ring (bicyclic) bond motifs is 2. The van der Waals surface area contributed by atoms with E-state index in [1.807, 2.05) is 11.8 Å². The topological polar surface area (TPSA) is 6.48 Å². The molecule has 4 aromatic rings. The highest BCUT2D eigenvalue weighted by Gasteiger charge is 2.22. The Labute approximate surface area is 195 Å². The lowest BCUT2D eigenvalue weighted by Gasteiger charge is -2.33. The number of hydrogen-bond donors (Lipinski definition) is 0. The Kier molecular flexibility index (Phi) is 6.57. The fraction of sp³-hybridized carbons (Fsp3) is 0.172. The van der Waals surface area contributed by atoms with Crippen LogP contribution in [0.5, 0.6) is 0 Å². The quantitative estimate of drug-likeness (QED) is 0.284. The van der Waals surface area contributed by atoms with Gasteiger partial charge in [0.2, 0.25) is 0 Å². The maximum Gasteiger partial charge on any atom is 0.0552 e. The Balaban J connectivity index is 1.32. The highest BCUT2D eigenvalue weighted by atomic mass is 32.2. The van der Waals surface area contributed by atoms with Gasteiger partial charge in [0, 0.05) is 36.0 Å². The Hall–Kier alpha value is -3.01. The van der Waals surface area contributed by atoms with Gasteiger partial charge in [-0.25, -0.2) is 0 Å². The van der Waals surface area contributed by atoms with Crippen LogP contribution in [0, 0.1) is 0 Å². The molecule has 0 atom stereocenters. The van der Waals surface area contributed by atoms with Crippen molar-refractivity contribution in [2.45, 2.75) is 29.3 Å². The number of hydrogen-bond acceptors (Lipinski definition) is 3. The van der Waals surface area contributed by atoms with Gasteiger partial charge in [-0.15, -0.1) is 0 Å². The molecule has 0 saturated heterocycles. The number of rotatable bonds is 8. The van der Waals surface area contributed by atoms with E-state index in [4.69, 9.17) is 0 Å². The summed E-state index contributed by atoms with van der Waals surface area (Å²) in [5.41, 5.74) is 5.39. The first kappa shape index (κ1) is 20.9. The molecule has 0 radical (unpaired) electrons. The van der Waals surface area contributed by atoms with Gasteiger partial charge < -0.3 is 4.90 Å². The summed E-state index contributed by atoms with van der Waals surface area (Å²) in [7, 11) is 0. The lowest BCUT2D eigenvalue weighted by molar-refractivity contribution is 0.255. The molecule has 5 rings (SSSR count). The Morgan fingerprint density at radius 1 is 0.562 bits per heavy atom. The second kappa shape index (κ2) is 10.1. The maximum atomic E-state index is 2.57. The van der Waals surface area contributed by atoms with Crippen LogP contribution in [0.4, 0.5) is 11.4 Å². The van der Waals surface area contributed by atoms with Gasteiger partial charge in [0.1, 0.15) is 0 Å². The van der Waals surface area contributed by atoms with Crippen molar-refractivity contribution in [1.29, 1.82) is 0 Å². The second-order valence-electron chi connectivity index (χ2n) is 8.22. The first-order chi connectivity index (χ1) is 15.9. The molecule has 4 aromatic carbocycles. The average Bonchev–Trinajstić information content (AvgIpc) is 2.85. The minimum absolute atomic E-state index is 0.971. The zero-order valence-corrected chi connectivity index (χ0v) is 19.0. The van der Waals surface area contributed by atoms with Crippen molar-refractivity contribution >= 4 is 23.1 Å². The van der Waals surface area contributed by atoms with E-state index in [0.29, 0.717) is 0 Å². The Morgan fingerprint density at radius 3 is 1.56 bits per heavy atom. The highest BCUT2D eigenvalue weighted by molar-refractivity contribution is 7.99. The van der Waals surface area contributed by atoms with Crippen LogP contribution in [-0.2, 0) is 13.1 Å². The van der Waals surface area contributed by atoms with Crippen LogP contribution < -0.4 is 4.90 Å². The third-order valence-corrected chi connectivity index (χ3v) is 7.02. The van der Waals surface area contributed by atoms with Crippen molar-refractivity contribution < 1.29 is 0 Å². The maximum absolute atomic E-state index is 2.57. The molecule has 1 heterocycles. The fourth-order valence-electron chi connectivity index (χ4n) is 4.37. The fourth-order valence-corrected chi connectivity index (χ4v) is 5.47. The van der Waals surface area contributed by atoms with Gasteiger partial charge in [-0.1, -0.05) is 96.7 Å². The average molecular weight is 437 g/mol. The van der Waals surface area contributed by atoms with E-state index < -0.39 is 0 Å². The summed E-state index contributed by atoms with van der Waals surface area (Å²) in [5.74, 6) is 0. The summed E-state index contributed by atoms with van der Waals surface area (Å²) in [6.07, 6.45) is 1.10. The van der Waals surface area contributed by atoms with E-state index in [1.165, 1.54) is 32.3 Å².